The summed E-state index contributed by atoms with van der Waals surface area (Å²) in [7, 11) is 4.03. The van der Waals surface area contributed by atoms with E-state index in [1.165, 1.54) is 12.1 Å². The van der Waals surface area contributed by atoms with Gasteiger partial charge >= 0.3 is 0 Å². The van der Waals surface area contributed by atoms with E-state index in [9.17, 15) is 4.39 Å². The summed E-state index contributed by atoms with van der Waals surface area (Å²) in [5.74, 6) is 1.09. The van der Waals surface area contributed by atoms with Crippen LogP contribution in [0.5, 0.6) is 0 Å². The Labute approximate surface area is 159 Å². The predicted molar refractivity (Wildman–Crippen MR) is 109 cm³/mol. The van der Waals surface area contributed by atoms with Crippen molar-refractivity contribution >= 4 is 23.1 Å². The first-order valence-corrected chi connectivity index (χ1v) is 8.88. The number of nitrogens with one attached hydrogen (secondary N) is 2. The van der Waals surface area contributed by atoms with E-state index >= 15 is 0 Å². The summed E-state index contributed by atoms with van der Waals surface area (Å²) in [6, 6.07) is 16.6. The summed E-state index contributed by atoms with van der Waals surface area (Å²) >= 11 is 0. The van der Waals surface area contributed by atoms with Gasteiger partial charge in [-0.1, -0.05) is 12.1 Å². The van der Waals surface area contributed by atoms with Crippen molar-refractivity contribution in [3.05, 3.63) is 71.7 Å². The maximum Gasteiger partial charge on any atom is 0.224 e. The standard InChI is InChI=1S/C21H24FN5/c1-15-14-20(25-18-8-10-19(11-9-18)27(2)3)26-21(24-15)23-13-12-16-4-6-17(22)7-5-16/h4-11,14H,12-13H2,1-3H3,(H2,23,24,25,26). The fraction of sp³-hybridized carbons (Fsp3) is 0.238. The molecule has 0 aliphatic rings. The second-order valence-electron chi connectivity index (χ2n) is 6.59. The van der Waals surface area contributed by atoms with Crippen LogP contribution in [0.15, 0.2) is 54.6 Å². The highest BCUT2D eigenvalue weighted by molar-refractivity contribution is 5.61. The lowest BCUT2D eigenvalue weighted by Crippen LogP contribution is -2.10. The third-order valence-electron chi connectivity index (χ3n) is 4.12. The average Bonchev–Trinajstić information content (AvgIpc) is 2.63. The van der Waals surface area contributed by atoms with Gasteiger partial charge < -0.3 is 15.5 Å². The molecule has 0 atom stereocenters. The van der Waals surface area contributed by atoms with Crippen LogP contribution in [0, 0.1) is 12.7 Å². The normalized spacial score (nSPS) is 10.5. The van der Waals surface area contributed by atoms with E-state index in [0.29, 0.717) is 12.5 Å². The van der Waals surface area contributed by atoms with Crippen molar-refractivity contribution < 1.29 is 4.39 Å². The van der Waals surface area contributed by atoms with Gasteiger partial charge in [0.1, 0.15) is 11.6 Å². The molecule has 1 aromatic heterocycles. The van der Waals surface area contributed by atoms with Crippen LogP contribution in [-0.2, 0) is 6.42 Å². The predicted octanol–water partition coefficient (Wildman–Crippen LogP) is 4.39. The maximum atomic E-state index is 13.0. The largest absolute Gasteiger partial charge is 0.378 e. The number of nitrogens with zero attached hydrogens (tertiary/aromatic N) is 3. The fourth-order valence-electron chi connectivity index (χ4n) is 2.67. The Morgan fingerprint density at radius 1 is 0.963 bits per heavy atom. The first-order chi connectivity index (χ1) is 13.0. The first-order valence-electron chi connectivity index (χ1n) is 8.88. The topological polar surface area (TPSA) is 53.1 Å². The molecule has 3 aromatic rings. The van der Waals surface area contributed by atoms with Gasteiger partial charge in [-0.25, -0.2) is 9.37 Å². The second-order valence-corrected chi connectivity index (χ2v) is 6.59. The molecule has 2 N–H and O–H groups in total. The van der Waals surface area contributed by atoms with Gasteiger partial charge in [0.25, 0.3) is 0 Å². The Bertz CT molecular complexity index is 876. The molecular weight excluding hydrogens is 341 g/mol. The lowest BCUT2D eigenvalue weighted by molar-refractivity contribution is 0.627. The van der Waals surface area contributed by atoms with E-state index in [2.05, 4.69) is 37.6 Å². The lowest BCUT2D eigenvalue weighted by Gasteiger charge is -2.14. The molecule has 0 fully saturated rings. The highest BCUT2D eigenvalue weighted by atomic mass is 19.1. The van der Waals surface area contributed by atoms with Crippen molar-refractivity contribution in [3.8, 4) is 0 Å². The Balaban J connectivity index is 1.62. The van der Waals surface area contributed by atoms with Crippen LogP contribution in [0.1, 0.15) is 11.3 Å². The Kier molecular flexibility index (Phi) is 5.86. The SMILES string of the molecule is Cc1cc(Nc2ccc(N(C)C)cc2)nc(NCCc2ccc(F)cc2)n1. The smallest absolute Gasteiger partial charge is 0.224 e. The molecule has 0 radical (unpaired) electrons. The minimum atomic E-state index is -0.219. The van der Waals surface area contributed by atoms with Crippen LogP contribution < -0.4 is 15.5 Å². The van der Waals surface area contributed by atoms with Crippen LogP contribution in [0.3, 0.4) is 0 Å². The molecular formula is C21H24FN5. The van der Waals surface area contributed by atoms with Crippen molar-refractivity contribution in [3.63, 3.8) is 0 Å². The van der Waals surface area contributed by atoms with Gasteiger partial charge in [0, 0.05) is 43.8 Å². The summed E-state index contributed by atoms with van der Waals surface area (Å²) in [6.45, 7) is 2.61. The van der Waals surface area contributed by atoms with Crippen molar-refractivity contribution in [2.75, 3.05) is 36.2 Å². The van der Waals surface area contributed by atoms with Gasteiger partial charge in [-0.3, -0.25) is 0 Å². The molecule has 0 unspecified atom stereocenters. The van der Waals surface area contributed by atoms with Crippen LogP contribution >= 0.6 is 0 Å². The van der Waals surface area contributed by atoms with E-state index in [0.717, 1.165) is 34.9 Å². The molecule has 0 aliphatic heterocycles. The number of halogens is 1. The van der Waals surface area contributed by atoms with E-state index in [4.69, 9.17) is 0 Å². The maximum absolute atomic E-state index is 13.0. The number of rotatable bonds is 7. The second kappa shape index (κ2) is 8.49. The molecule has 6 heteroatoms. The molecule has 3 rings (SSSR count). The summed E-state index contributed by atoms with van der Waals surface area (Å²) < 4.78 is 13.0. The zero-order chi connectivity index (χ0) is 19.2. The molecule has 0 aliphatic carbocycles. The first kappa shape index (κ1) is 18.6. The van der Waals surface area contributed by atoms with Gasteiger partial charge in [-0.05, 0) is 55.3 Å². The van der Waals surface area contributed by atoms with Crippen molar-refractivity contribution in [2.45, 2.75) is 13.3 Å². The fourth-order valence-corrected chi connectivity index (χ4v) is 2.67. The average molecular weight is 365 g/mol. The monoisotopic (exact) mass is 365 g/mol. The van der Waals surface area contributed by atoms with Crippen LogP contribution in [0.4, 0.5) is 27.5 Å². The molecule has 0 spiro atoms. The molecule has 5 nitrogen and oxygen atoms in total. The minimum absolute atomic E-state index is 0.219. The molecule has 1 heterocycles. The molecule has 2 aromatic carbocycles. The number of aromatic nitrogens is 2. The Morgan fingerprint density at radius 3 is 2.33 bits per heavy atom. The van der Waals surface area contributed by atoms with Crippen LogP contribution in [0.2, 0.25) is 0 Å². The van der Waals surface area contributed by atoms with Crippen molar-refractivity contribution in [1.82, 2.24) is 9.97 Å². The molecule has 0 saturated carbocycles. The molecule has 0 saturated heterocycles. The highest BCUT2D eigenvalue weighted by Gasteiger charge is 2.04. The molecule has 27 heavy (non-hydrogen) atoms. The summed E-state index contributed by atoms with van der Waals surface area (Å²) in [5, 5.41) is 6.55. The number of hydrogen-bond donors (Lipinski definition) is 2. The Hall–Kier alpha value is -3.15. The van der Waals surface area contributed by atoms with E-state index in [1.54, 1.807) is 12.1 Å². The van der Waals surface area contributed by atoms with Crippen molar-refractivity contribution in [2.24, 2.45) is 0 Å². The van der Waals surface area contributed by atoms with Crippen LogP contribution in [-0.4, -0.2) is 30.6 Å². The molecule has 0 amide bonds. The van der Waals surface area contributed by atoms with Gasteiger partial charge in [0.15, 0.2) is 0 Å². The van der Waals surface area contributed by atoms with Crippen molar-refractivity contribution in [1.29, 1.82) is 0 Å². The molecule has 0 bridgehead atoms. The van der Waals surface area contributed by atoms with Gasteiger partial charge in [-0.15, -0.1) is 0 Å². The molecule has 140 valence electrons. The number of benzene rings is 2. The third kappa shape index (κ3) is 5.41. The lowest BCUT2D eigenvalue weighted by atomic mass is 10.1. The zero-order valence-corrected chi connectivity index (χ0v) is 15.8. The van der Waals surface area contributed by atoms with Crippen LogP contribution in [0.25, 0.3) is 0 Å². The van der Waals surface area contributed by atoms with Gasteiger partial charge in [0.2, 0.25) is 5.95 Å². The minimum Gasteiger partial charge on any atom is -0.378 e. The summed E-state index contributed by atoms with van der Waals surface area (Å²) in [4.78, 5) is 11.0. The Morgan fingerprint density at radius 2 is 1.67 bits per heavy atom. The third-order valence-corrected chi connectivity index (χ3v) is 4.12. The highest BCUT2D eigenvalue weighted by Crippen LogP contribution is 2.20. The number of hydrogen-bond acceptors (Lipinski definition) is 5. The number of aryl methyl sites for hydroxylation is 1. The zero-order valence-electron chi connectivity index (χ0n) is 15.8. The van der Waals surface area contributed by atoms with Gasteiger partial charge in [0.05, 0.1) is 0 Å². The van der Waals surface area contributed by atoms with Gasteiger partial charge in [-0.2, -0.15) is 4.98 Å². The quantitative estimate of drug-likeness (QED) is 0.650. The summed E-state index contributed by atoms with van der Waals surface area (Å²) in [5.41, 5.74) is 4.05. The number of anilines is 4. The van der Waals surface area contributed by atoms with E-state index in [1.807, 2.05) is 39.2 Å². The van der Waals surface area contributed by atoms with E-state index in [-0.39, 0.29) is 5.82 Å². The summed E-state index contributed by atoms with van der Waals surface area (Å²) in [6.07, 6.45) is 0.770. The van der Waals surface area contributed by atoms with E-state index < -0.39 is 0 Å².